The number of hydrogen-bond donors (Lipinski definition) is 2. The molecular formula is C13H15F3N2O. The van der Waals surface area contributed by atoms with Crippen LogP contribution in [0.5, 0.6) is 0 Å². The number of halogens is 3. The van der Waals surface area contributed by atoms with Crippen molar-refractivity contribution in [2.45, 2.75) is 31.1 Å². The Labute approximate surface area is 109 Å². The molecule has 1 aromatic rings. The van der Waals surface area contributed by atoms with Crippen LogP contribution in [0.4, 0.5) is 13.2 Å². The van der Waals surface area contributed by atoms with Gasteiger partial charge >= 0.3 is 6.18 Å². The summed E-state index contributed by atoms with van der Waals surface area (Å²) in [5.74, 6) is -0.252. The third-order valence-electron chi connectivity index (χ3n) is 3.18. The second-order valence-electron chi connectivity index (χ2n) is 4.62. The molecule has 1 saturated heterocycles. The topological polar surface area (TPSA) is 41.1 Å². The molecule has 3 nitrogen and oxygen atoms in total. The fourth-order valence-corrected chi connectivity index (χ4v) is 2.12. The third kappa shape index (κ3) is 3.70. The zero-order valence-electron chi connectivity index (χ0n) is 10.2. The van der Waals surface area contributed by atoms with E-state index in [4.69, 9.17) is 0 Å². The summed E-state index contributed by atoms with van der Waals surface area (Å²) in [6.45, 7) is 0.142. The molecule has 104 valence electrons. The quantitative estimate of drug-likeness (QED) is 0.865. The van der Waals surface area contributed by atoms with Crippen LogP contribution in [0.15, 0.2) is 30.3 Å². The maximum absolute atomic E-state index is 12.4. The summed E-state index contributed by atoms with van der Waals surface area (Å²) in [7, 11) is 0. The summed E-state index contributed by atoms with van der Waals surface area (Å²) in [6.07, 6.45) is -3.90. The number of carbonyl (C=O) groups excluding carboxylic acids is 1. The highest BCUT2D eigenvalue weighted by Crippen LogP contribution is 2.26. The van der Waals surface area contributed by atoms with Gasteiger partial charge < -0.3 is 10.6 Å². The Morgan fingerprint density at radius 2 is 1.89 bits per heavy atom. The van der Waals surface area contributed by atoms with E-state index >= 15 is 0 Å². The highest BCUT2D eigenvalue weighted by atomic mass is 19.4. The minimum absolute atomic E-state index is 0.0107. The van der Waals surface area contributed by atoms with Crippen molar-refractivity contribution in [2.24, 2.45) is 0 Å². The van der Waals surface area contributed by atoms with Crippen molar-refractivity contribution in [3.05, 3.63) is 35.9 Å². The Morgan fingerprint density at radius 3 is 2.42 bits per heavy atom. The second kappa shape index (κ2) is 5.61. The van der Waals surface area contributed by atoms with Crippen molar-refractivity contribution in [3.8, 4) is 0 Å². The van der Waals surface area contributed by atoms with Crippen molar-refractivity contribution >= 4 is 5.91 Å². The molecular weight excluding hydrogens is 257 g/mol. The van der Waals surface area contributed by atoms with Gasteiger partial charge in [-0.1, -0.05) is 18.2 Å². The molecule has 1 aliphatic rings. The maximum atomic E-state index is 12.4. The van der Waals surface area contributed by atoms with Crippen molar-refractivity contribution < 1.29 is 18.0 Å². The van der Waals surface area contributed by atoms with Crippen LogP contribution in [-0.4, -0.2) is 30.7 Å². The predicted octanol–water partition coefficient (Wildman–Crippen LogP) is 2.10. The molecule has 6 heteroatoms. The summed E-state index contributed by atoms with van der Waals surface area (Å²) in [4.78, 5) is 11.8. The van der Waals surface area contributed by atoms with E-state index in [9.17, 15) is 18.0 Å². The minimum Gasteiger partial charge on any atom is -0.348 e. The molecule has 0 aromatic heterocycles. The molecule has 0 spiro atoms. The fraction of sp³-hybridized carbons (Fsp3) is 0.462. The molecule has 19 heavy (non-hydrogen) atoms. The molecule has 2 unspecified atom stereocenters. The highest BCUT2D eigenvalue weighted by Gasteiger charge is 2.41. The largest absolute Gasteiger partial charge is 0.403 e. The van der Waals surface area contributed by atoms with E-state index in [1.807, 2.05) is 0 Å². The first-order chi connectivity index (χ1) is 8.97. The summed E-state index contributed by atoms with van der Waals surface area (Å²) in [6, 6.07) is 6.91. The number of alkyl halides is 3. The second-order valence-corrected chi connectivity index (χ2v) is 4.62. The van der Waals surface area contributed by atoms with Crippen LogP contribution in [0.2, 0.25) is 0 Å². The van der Waals surface area contributed by atoms with Gasteiger partial charge in [-0.05, 0) is 25.0 Å². The molecule has 2 atom stereocenters. The zero-order chi connectivity index (χ0) is 13.9. The van der Waals surface area contributed by atoms with Gasteiger partial charge in [-0.15, -0.1) is 0 Å². The standard InChI is InChI=1S/C13H15F3N2O/c14-13(15,16)11-7-6-10(8-17-11)18-12(19)9-4-2-1-3-5-9/h1-5,10-11,17H,6-8H2,(H,18,19). The van der Waals surface area contributed by atoms with Gasteiger partial charge in [0.2, 0.25) is 0 Å². The van der Waals surface area contributed by atoms with Gasteiger partial charge in [0.05, 0.1) is 0 Å². The molecule has 1 heterocycles. The lowest BCUT2D eigenvalue weighted by Crippen LogP contribution is -2.54. The number of amides is 1. The molecule has 0 saturated carbocycles. The van der Waals surface area contributed by atoms with Gasteiger partial charge in [0, 0.05) is 18.2 Å². The van der Waals surface area contributed by atoms with E-state index in [1.54, 1.807) is 30.3 Å². The first-order valence-electron chi connectivity index (χ1n) is 6.13. The van der Waals surface area contributed by atoms with E-state index in [0.717, 1.165) is 0 Å². The monoisotopic (exact) mass is 272 g/mol. The van der Waals surface area contributed by atoms with Crippen molar-refractivity contribution in [1.29, 1.82) is 0 Å². The lowest BCUT2D eigenvalue weighted by atomic mass is 10.00. The summed E-state index contributed by atoms with van der Waals surface area (Å²) < 4.78 is 37.3. The van der Waals surface area contributed by atoms with Crippen molar-refractivity contribution in [1.82, 2.24) is 10.6 Å². The van der Waals surface area contributed by atoms with Crippen molar-refractivity contribution in [3.63, 3.8) is 0 Å². The maximum Gasteiger partial charge on any atom is 0.403 e. The van der Waals surface area contributed by atoms with Crippen LogP contribution in [-0.2, 0) is 0 Å². The molecule has 2 rings (SSSR count). The minimum atomic E-state index is -4.21. The SMILES string of the molecule is O=C(NC1CCC(C(F)(F)F)NC1)c1ccccc1. The Balaban J connectivity index is 1.85. The van der Waals surface area contributed by atoms with E-state index < -0.39 is 12.2 Å². The fourth-order valence-electron chi connectivity index (χ4n) is 2.12. The van der Waals surface area contributed by atoms with Gasteiger partial charge in [0.15, 0.2) is 0 Å². The Hall–Kier alpha value is -1.56. The van der Waals surface area contributed by atoms with Crippen LogP contribution in [0.3, 0.4) is 0 Å². The average molecular weight is 272 g/mol. The highest BCUT2D eigenvalue weighted by molar-refractivity contribution is 5.94. The van der Waals surface area contributed by atoms with Gasteiger partial charge in [0.25, 0.3) is 5.91 Å². The molecule has 2 N–H and O–H groups in total. The van der Waals surface area contributed by atoms with Gasteiger partial charge in [-0.2, -0.15) is 13.2 Å². The lowest BCUT2D eigenvalue weighted by molar-refractivity contribution is -0.160. The van der Waals surface area contributed by atoms with Crippen LogP contribution < -0.4 is 10.6 Å². The van der Waals surface area contributed by atoms with E-state index in [0.29, 0.717) is 12.0 Å². The number of piperidine rings is 1. The number of carbonyl (C=O) groups is 1. The normalized spacial score (nSPS) is 23.9. The predicted molar refractivity (Wildman–Crippen MR) is 64.8 cm³/mol. The van der Waals surface area contributed by atoms with Gasteiger partial charge in [-0.25, -0.2) is 0 Å². The molecule has 0 radical (unpaired) electrons. The number of hydrogen-bond acceptors (Lipinski definition) is 2. The van der Waals surface area contributed by atoms with Crippen LogP contribution in [0.25, 0.3) is 0 Å². The smallest absolute Gasteiger partial charge is 0.348 e. The van der Waals surface area contributed by atoms with Gasteiger partial charge in [0.1, 0.15) is 6.04 Å². The first-order valence-corrected chi connectivity index (χ1v) is 6.13. The van der Waals surface area contributed by atoms with E-state index in [2.05, 4.69) is 10.6 Å². The third-order valence-corrected chi connectivity index (χ3v) is 3.18. The van der Waals surface area contributed by atoms with Crippen LogP contribution >= 0.6 is 0 Å². The summed E-state index contributed by atoms with van der Waals surface area (Å²) in [5, 5.41) is 5.16. The number of nitrogens with one attached hydrogen (secondary N) is 2. The van der Waals surface area contributed by atoms with E-state index in [-0.39, 0.29) is 24.9 Å². The van der Waals surface area contributed by atoms with Crippen molar-refractivity contribution in [2.75, 3.05) is 6.54 Å². The average Bonchev–Trinajstić information content (AvgIpc) is 2.39. The Morgan fingerprint density at radius 1 is 1.21 bits per heavy atom. The summed E-state index contributed by atoms with van der Waals surface area (Å²) >= 11 is 0. The molecule has 1 aliphatic heterocycles. The van der Waals surface area contributed by atoms with Crippen LogP contribution in [0, 0.1) is 0 Å². The number of benzene rings is 1. The molecule has 1 fully saturated rings. The Kier molecular flexibility index (Phi) is 4.09. The molecule has 1 aromatic carbocycles. The summed E-state index contributed by atoms with van der Waals surface area (Å²) in [5.41, 5.74) is 0.514. The first kappa shape index (κ1) is 13.9. The molecule has 0 aliphatic carbocycles. The van der Waals surface area contributed by atoms with E-state index in [1.165, 1.54) is 0 Å². The Bertz CT molecular complexity index is 425. The number of rotatable bonds is 2. The zero-order valence-corrected chi connectivity index (χ0v) is 10.2. The molecule has 1 amide bonds. The molecule has 0 bridgehead atoms. The van der Waals surface area contributed by atoms with Gasteiger partial charge in [-0.3, -0.25) is 4.79 Å². The van der Waals surface area contributed by atoms with Crippen LogP contribution in [0.1, 0.15) is 23.2 Å². The lowest BCUT2D eigenvalue weighted by Gasteiger charge is -2.31.